The monoisotopic (exact) mass is 277 g/mol. The van der Waals surface area contributed by atoms with Crippen LogP contribution in [-0.2, 0) is 12.8 Å². The van der Waals surface area contributed by atoms with Crippen molar-refractivity contribution >= 4 is 0 Å². The minimum Gasteiger partial charge on any atom is -0.308 e. The Bertz CT molecular complexity index is 418. The lowest BCUT2D eigenvalue weighted by atomic mass is 9.92. The Labute approximate surface area is 111 Å². The summed E-state index contributed by atoms with van der Waals surface area (Å²) in [5.41, 5.74) is 1.78. The van der Waals surface area contributed by atoms with E-state index in [0.717, 1.165) is 5.56 Å². The highest BCUT2D eigenvalue weighted by Gasteiger charge is 2.49. The number of aryl methyl sites for hydroxylation is 2. The SMILES string of the molecule is CCc1ccc(CC)c(C(NC)C(F)(F)C(F)F)c1. The summed E-state index contributed by atoms with van der Waals surface area (Å²) in [4.78, 5) is 0. The molecule has 0 bridgehead atoms. The van der Waals surface area contributed by atoms with Gasteiger partial charge in [0.05, 0.1) is 0 Å². The van der Waals surface area contributed by atoms with Gasteiger partial charge in [-0.25, -0.2) is 8.78 Å². The van der Waals surface area contributed by atoms with Crippen LogP contribution in [0.3, 0.4) is 0 Å². The highest BCUT2D eigenvalue weighted by atomic mass is 19.3. The second kappa shape index (κ2) is 6.37. The molecule has 19 heavy (non-hydrogen) atoms. The molecular formula is C14H19F4N. The molecule has 1 N–H and O–H groups in total. The number of benzene rings is 1. The zero-order valence-corrected chi connectivity index (χ0v) is 11.3. The summed E-state index contributed by atoms with van der Waals surface area (Å²) in [6.07, 6.45) is -2.50. The third-order valence-electron chi connectivity index (χ3n) is 3.27. The minimum atomic E-state index is -4.09. The number of nitrogens with one attached hydrogen (secondary N) is 1. The largest absolute Gasteiger partial charge is 0.326 e. The molecule has 0 aliphatic rings. The Morgan fingerprint density at radius 1 is 1.16 bits per heavy atom. The van der Waals surface area contributed by atoms with Crippen LogP contribution in [0.4, 0.5) is 17.6 Å². The lowest BCUT2D eigenvalue weighted by Crippen LogP contribution is -2.41. The molecule has 1 rings (SSSR count). The molecule has 0 spiro atoms. The van der Waals surface area contributed by atoms with E-state index in [2.05, 4.69) is 5.32 Å². The van der Waals surface area contributed by atoms with Crippen molar-refractivity contribution in [1.82, 2.24) is 5.32 Å². The van der Waals surface area contributed by atoms with Crippen molar-refractivity contribution in [2.24, 2.45) is 0 Å². The average Bonchev–Trinajstić information content (AvgIpc) is 2.38. The second-order valence-corrected chi connectivity index (χ2v) is 4.44. The quantitative estimate of drug-likeness (QED) is 0.776. The van der Waals surface area contributed by atoms with Gasteiger partial charge in [-0.05, 0) is 36.6 Å². The third kappa shape index (κ3) is 3.26. The van der Waals surface area contributed by atoms with E-state index >= 15 is 0 Å². The number of halogens is 4. The van der Waals surface area contributed by atoms with Gasteiger partial charge in [-0.3, -0.25) is 0 Å². The van der Waals surface area contributed by atoms with Crippen LogP contribution in [0, 0.1) is 0 Å². The van der Waals surface area contributed by atoms with Gasteiger partial charge in [0.1, 0.15) is 6.04 Å². The van der Waals surface area contributed by atoms with Crippen molar-refractivity contribution in [3.05, 3.63) is 34.9 Å². The molecule has 5 heteroatoms. The Morgan fingerprint density at radius 2 is 1.79 bits per heavy atom. The van der Waals surface area contributed by atoms with Crippen LogP contribution >= 0.6 is 0 Å². The van der Waals surface area contributed by atoms with Crippen LogP contribution in [0.1, 0.15) is 36.6 Å². The van der Waals surface area contributed by atoms with Crippen LogP contribution < -0.4 is 5.32 Å². The molecule has 0 saturated carbocycles. The number of hydrogen-bond donors (Lipinski definition) is 1. The van der Waals surface area contributed by atoms with Gasteiger partial charge >= 0.3 is 12.3 Å². The molecule has 0 heterocycles. The topological polar surface area (TPSA) is 12.0 Å². The lowest BCUT2D eigenvalue weighted by molar-refractivity contribution is -0.150. The fourth-order valence-corrected chi connectivity index (χ4v) is 2.14. The Balaban J connectivity index is 3.30. The Hall–Kier alpha value is -1.10. The summed E-state index contributed by atoms with van der Waals surface area (Å²) in [7, 11) is 1.28. The first-order valence-corrected chi connectivity index (χ1v) is 6.33. The van der Waals surface area contributed by atoms with Crippen molar-refractivity contribution in [2.45, 2.75) is 45.1 Å². The van der Waals surface area contributed by atoms with Crippen LogP contribution in [0.2, 0.25) is 0 Å². The van der Waals surface area contributed by atoms with Gasteiger partial charge in [-0.2, -0.15) is 8.78 Å². The van der Waals surface area contributed by atoms with Gasteiger partial charge in [-0.15, -0.1) is 0 Å². The highest BCUT2D eigenvalue weighted by Crippen LogP contribution is 2.38. The normalized spacial score (nSPS) is 13.9. The van der Waals surface area contributed by atoms with Gasteiger partial charge in [0.2, 0.25) is 0 Å². The van der Waals surface area contributed by atoms with Crippen molar-refractivity contribution < 1.29 is 17.6 Å². The van der Waals surface area contributed by atoms with Gasteiger partial charge in [0, 0.05) is 0 Å². The predicted molar refractivity (Wildman–Crippen MR) is 67.9 cm³/mol. The lowest BCUT2D eigenvalue weighted by Gasteiger charge is -2.28. The highest BCUT2D eigenvalue weighted by molar-refractivity contribution is 5.36. The van der Waals surface area contributed by atoms with Crippen LogP contribution in [0.5, 0.6) is 0 Å². The summed E-state index contributed by atoms with van der Waals surface area (Å²) in [6.45, 7) is 3.71. The average molecular weight is 277 g/mol. The Morgan fingerprint density at radius 3 is 2.21 bits per heavy atom. The summed E-state index contributed by atoms with van der Waals surface area (Å²) in [5.74, 6) is -4.09. The van der Waals surface area contributed by atoms with E-state index in [-0.39, 0.29) is 5.56 Å². The molecule has 108 valence electrons. The maximum atomic E-state index is 13.6. The molecule has 1 aromatic rings. The fraction of sp³-hybridized carbons (Fsp3) is 0.571. The number of rotatable bonds is 6. The minimum absolute atomic E-state index is 0.259. The van der Waals surface area contributed by atoms with Crippen molar-refractivity contribution in [2.75, 3.05) is 7.05 Å². The van der Waals surface area contributed by atoms with Gasteiger partial charge in [0.25, 0.3) is 0 Å². The van der Waals surface area contributed by atoms with E-state index < -0.39 is 18.4 Å². The first kappa shape index (κ1) is 16.0. The molecule has 0 saturated heterocycles. The maximum absolute atomic E-state index is 13.6. The van der Waals surface area contributed by atoms with Gasteiger partial charge < -0.3 is 5.32 Å². The van der Waals surface area contributed by atoms with Crippen LogP contribution in [-0.4, -0.2) is 19.4 Å². The fourth-order valence-electron chi connectivity index (χ4n) is 2.14. The first-order chi connectivity index (χ1) is 8.88. The van der Waals surface area contributed by atoms with Crippen LogP contribution in [0.15, 0.2) is 18.2 Å². The summed E-state index contributed by atoms with van der Waals surface area (Å²) in [5, 5.41) is 2.34. The van der Waals surface area contributed by atoms with Crippen LogP contribution in [0.25, 0.3) is 0 Å². The zero-order chi connectivity index (χ0) is 14.6. The van der Waals surface area contributed by atoms with Gasteiger partial charge in [0.15, 0.2) is 0 Å². The summed E-state index contributed by atoms with van der Waals surface area (Å²) >= 11 is 0. The van der Waals surface area contributed by atoms with Crippen molar-refractivity contribution in [1.29, 1.82) is 0 Å². The van der Waals surface area contributed by atoms with Crippen molar-refractivity contribution in [3.63, 3.8) is 0 Å². The molecule has 1 unspecified atom stereocenters. The molecule has 1 atom stereocenters. The van der Waals surface area contributed by atoms with E-state index in [0.29, 0.717) is 18.4 Å². The molecule has 0 radical (unpaired) electrons. The maximum Gasteiger partial charge on any atom is 0.326 e. The number of hydrogen-bond acceptors (Lipinski definition) is 1. The van der Waals surface area contributed by atoms with E-state index in [4.69, 9.17) is 0 Å². The molecule has 1 aromatic carbocycles. The predicted octanol–water partition coefficient (Wildman–Crippen LogP) is 3.97. The summed E-state index contributed by atoms with van der Waals surface area (Å²) < 4.78 is 52.4. The molecule has 0 aliphatic heterocycles. The molecular weight excluding hydrogens is 258 g/mol. The zero-order valence-electron chi connectivity index (χ0n) is 11.3. The second-order valence-electron chi connectivity index (χ2n) is 4.44. The van der Waals surface area contributed by atoms with E-state index in [9.17, 15) is 17.6 Å². The number of alkyl halides is 4. The molecule has 0 fully saturated rings. The smallest absolute Gasteiger partial charge is 0.308 e. The first-order valence-electron chi connectivity index (χ1n) is 6.33. The van der Waals surface area contributed by atoms with E-state index in [1.165, 1.54) is 7.05 Å². The van der Waals surface area contributed by atoms with E-state index in [1.54, 1.807) is 12.1 Å². The van der Waals surface area contributed by atoms with Crippen molar-refractivity contribution in [3.8, 4) is 0 Å². The Kier molecular flexibility index (Phi) is 5.35. The molecule has 0 aliphatic carbocycles. The standard InChI is InChI=1S/C14H19F4N/c1-4-9-6-7-10(5-2)11(8-9)12(19-3)14(17,18)13(15)16/h6-8,12-13,19H,4-5H2,1-3H3. The molecule has 0 aromatic heterocycles. The molecule has 1 nitrogen and oxygen atoms in total. The summed E-state index contributed by atoms with van der Waals surface area (Å²) in [6, 6.07) is 3.50. The molecule has 0 amide bonds. The third-order valence-corrected chi connectivity index (χ3v) is 3.27. The van der Waals surface area contributed by atoms with Gasteiger partial charge in [-0.1, -0.05) is 32.0 Å². The van der Waals surface area contributed by atoms with E-state index in [1.807, 2.05) is 19.9 Å².